The molecule has 1 aliphatic heterocycles. The van der Waals surface area contributed by atoms with Crippen LogP contribution in [0.25, 0.3) is 6.08 Å². The second-order valence-electron chi connectivity index (χ2n) is 6.80. The van der Waals surface area contributed by atoms with E-state index in [2.05, 4.69) is 0 Å². The minimum absolute atomic E-state index is 0.128. The number of fused-ring (bicyclic) bond motifs is 1. The van der Waals surface area contributed by atoms with Gasteiger partial charge < -0.3 is 23.7 Å². The second-order valence-corrected chi connectivity index (χ2v) is 6.80. The van der Waals surface area contributed by atoms with Crippen LogP contribution < -0.4 is 23.7 Å². The van der Waals surface area contributed by atoms with E-state index in [9.17, 15) is 9.59 Å². The Morgan fingerprint density at radius 1 is 0.844 bits per heavy atom. The Labute approximate surface area is 184 Å². The maximum Gasteiger partial charge on any atom is 0.343 e. The summed E-state index contributed by atoms with van der Waals surface area (Å²) in [5, 5.41) is 0. The van der Waals surface area contributed by atoms with Crippen LogP contribution in [0.3, 0.4) is 0 Å². The van der Waals surface area contributed by atoms with Gasteiger partial charge in [0.25, 0.3) is 0 Å². The number of Topliss-reactive ketones (excluding diaryl/α,β-unsaturated/α-hetero) is 1. The van der Waals surface area contributed by atoms with Gasteiger partial charge in [-0.15, -0.1) is 0 Å². The molecular weight excluding hydrogens is 412 g/mol. The van der Waals surface area contributed by atoms with Crippen molar-refractivity contribution in [3.63, 3.8) is 0 Å². The fraction of sp³-hybridized carbons (Fsp3) is 0.120. The first kappa shape index (κ1) is 21.0. The number of ether oxygens (including phenoxy) is 5. The molecule has 0 fully saturated rings. The van der Waals surface area contributed by atoms with E-state index in [0.29, 0.717) is 34.1 Å². The van der Waals surface area contributed by atoms with Crippen molar-refractivity contribution in [1.82, 2.24) is 0 Å². The van der Waals surface area contributed by atoms with Crippen LogP contribution in [0.5, 0.6) is 28.7 Å². The second kappa shape index (κ2) is 8.85. The first-order valence-corrected chi connectivity index (χ1v) is 9.69. The summed E-state index contributed by atoms with van der Waals surface area (Å²) < 4.78 is 26.9. The molecule has 162 valence electrons. The van der Waals surface area contributed by atoms with Crippen LogP contribution in [-0.2, 0) is 0 Å². The molecule has 7 nitrogen and oxygen atoms in total. The minimum atomic E-state index is -0.580. The lowest BCUT2D eigenvalue weighted by Gasteiger charge is -2.11. The molecule has 32 heavy (non-hydrogen) atoms. The van der Waals surface area contributed by atoms with Crippen molar-refractivity contribution in [2.75, 3.05) is 21.3 Å². The molecule has 0 amide bonds. The van der Waals surface area contributed by atoms with Crippen molar-refractivity contribution >= 4 is 17.8 Å². The van der Waals surface area contributed by atoms with Gasteiger partial charge in [-0.05, 0) is 42.5 Å². The minimum Gasteiger partial charge on any atom is -0.497 e. The number of ketones is 1. The maximum atomic E-state index is 12.7. The highest BCUT2D eigenvalue weighted by Gasteiger charge is 2.28. The molecule has 1 aliphatic rings. The van der Waals surface area contributed by atoms with Crippen molar-refractivity contribution in [2.24, 2.45) is 0 Å². The molecule has 7 heteroatoms. The van der Waals surface area contributed by atoms with Gasteiger partial charge in [-0.1, -0.05) is 18.2 Å². The number of carbonyl (C=O) groups is 2. The number of benzene rings is 3. The number of carbonyl (C=O) groups excluding carboxylic acids is 2. The highest BCUT2D eigenvalue weighted by Crippen LogP contribution is 2.36. The molecule has 0 N–H and O–H groups in total. The average molecular weight is 432 g/mol. The normalized spacial score (nSPS) is 13.3. The Morgan fingerprint density at radius 2 is 1.62 bits per heavy atom. The van der Waals surface area contributed by atoms with E-state index in [1.807, 2.05) is 0 Å². The van der Waals surface area contributed by atoms with E-state index in [-0.39, 0.29) is 22.9 Å². The Kier molecular flexibility index (Phi) is 5.81. The van der Waals surface area contributed by atoms with Gasteiger partial charge in [0.15, 0.2) is 17.3 Å². The van der Waals surface area contributed by atoms with Crippen LogP contribution in [0.2, 0.25) is 0 Å². The predicted octanol–water partition coefficient (Wildman–Crippen LogP) is 4.55. The van der Waals surface area contributed by atoms with Crippen molar-refractivity contribution < 1.29 is 33.3 Å². The number of hydrogen-bond donors (Lipinski definition) is 0. The Balaban J connectivity index is 1.60. The van der Waals surface area contributed by atoms with Crippen molar-refractivity contribution in [1.29, 1.82) is 0 Å². The summed E-state index contributed by atoms with van der Waals surface area (Å²) >= 11 is 0. The van der Waals surface area contributed by atoms with Gasteiger partial charge in [0.05, 0.1) is 32.5 Å². The number of methoxy groups -OCH3 is 3. The fourth-order valence-electron chi connectivity index (χ4n) is 3.25. The maximum absolute atomic E-state index is 12.7. The van der Waals surface area contributed by atoms with Gasteiger partial charge in [-0.2, -0.15) is 0 Å². The number of para-hydroxylation sites is 1. The van der Waals surface area contributed by atoms with Crippen LogP contribution >= 0.6 is 0 Å². The fourth-order valence-corrected chi connectivity index (χ4v) is 3.25. The van der Waals surface area contributed by atoms with Gasteiger partial charge in [-0.25, -0.2) is 4.79 Å². The summed E-state index contributed by atoms with van der Waals surface area (Å²) in [4.78, 5) is 25.5. The molecule has 0 atom stereocenters. The first-order chi connectivity index (χ1) is 15.5. The topological polar surface area (TPSA) is 80.3 Å². The zero-order chi connectivity index (χ0) is 22.7. The van der Waals surface area contributed by atoms with E-state index in [0.717, 1.165) is 0 Å². The van der Waals surface area contributed by atoms with E-state index in [1.165, 1.54) is 27.4 Å². The average Bonchev–Trinajstić information content (AvgIpc) is 3.13. The van der Waals surface area contributed by atoms with Gasteiger partial charge in [0.2, 0.25) is 5.78 Å². The summed E-state index contributed by atoms with van der Waals surface area (Å²) in [5.74, 6) is 1.49. The van der Waals surface area contributed by atoms with Gasteiger partial charge >= 0.3 is 5.97 Å². The zero-order valence-corrected chi connectivity index (χ0v) is 17.7. The summed E-state index contributed by atoms with van der Waals surface area (Å²) in [6.45, 7) is 0. The molecule has 0 radical (unpaired) electrons. The van der Waals surface area contributed by atoms with Crippen LogP contribution in [0.4, 0.5) is 0 Å². The third-order valence-corrected chi connectivity index (χ3v) is 4.90. The molecule has 0 spiro atoms. The van der Waals surface area contributed by atoms with Crippen molar-refractivity contribution in [3.8, 4) is 28.7 Å². The summed E-state index contributed by atoms with van der Waals surface area (Å²) in [6.07, 6.45) is 1.55. The highest BCUT2D eigenvalue weighted by molar-refractivity contribution is 6.14. The SMILES string of the molecule is COc1ccc2c(c1)O/C(=C\c1ccccc1OC(=O)c1ccc(OC)c(OC)c1)C2=O. The standard InChI is InChI=1S/C25H20O7/c1-28-17-9-10-18-21(14-17)31-23(24(18)26)12-15-6-4-5-7-19(15)32-25(27)16-8-11-20(29-2)22(13-16)30-3/h4-14H,1-3H3/b23-12-. The van der Waals surface area contributed by atoms with Gasteiger partial charge in [0.1, 0.15) is 17.2 Å². The smallest absolute Gasteiger partial charge is 0.343 e. The van der Waals surface area contributed by atoms with E-state index >= 15 is 0 Å². The van der Waals surface area contributed by atoms with E-state index in [4.69, 9.17) is 23.7 Å². The molecule has 0 bridgehead atoms. The summed E-state index contributed by atoms with van der Waals surface area (Å²) in [7, 11) is 4.54. The van der Waals surface area contributed by atoms with Crippen LogP contribution in [0, 0.1) is 0 Å². The largest absolute Gasteiger partial charge is 0.497 e. The third-order valence-electron chi connectivity index (χ3n) is 4.90. The lowest BCUT2D eigenvalue weighted by Crippen LogP contribution is -2.10. The first-order valence-electron chi connectivity index (χ1n) is 9.69. The van der Waals surface area contributed by atoms with Gasteiger partial charge in [-0.3, -0.25) is 4.79 Å². The quantitative estimate of drug-likeness (QED) is 0.321. The summed E-state index contributed by atoms with van der Waals surface area (Å²) in [6, 6.07) is 16.6. The highest BCUT2D eigenvalue weighted by atomic mass is 16.5. The number of hydrogen-bond acceptors (Lipinski definition) is 7. The Hall–Kier alpha value is -4.26. The van der Waals surface area contributed by atoms with E-state index in [1.54, 1.807) is 60.7 Å². The Morgan fingerprint density at radius 3 is 2.38 bits per heavy atom. The van der Waals surface area contributed by atoms with Crippen LogP contribution in [-0.4, -0.2) is 33.1 Å². The number of rotatable bonds is 6. The Bertz CT molecular complexity index is 1230. The molecule has 4 rings (SSSR count). The molecule has 3 aromatic carbocycles. The lowest BCUT2D eigenvalue weighted by atomic mass is 10.1. The lowest BCUT2D eigenvalue weighted by molar-refractivity contribution is 0.0733. The zero-order valence-electron chi connectivity index (χ0n) is 17.7. The van der Waals surface area contributed by atoms with Crippen molar-refractivity contribution in [2.45, 2.75) is 0 Å². The van der Waals surface area contributed by atoms with Crippen molar-refractivity contribution in [3.05, 3.63) is 83.1 Å². The number of esters is 1. The predicted molar refractivity (Wildman–Crippen MR) is 117 cm³/mol. The summed E-state index contributed by atoms with van der Waals surface area (Å²) in [5.41, 5.74) is 1.25. The molecule has 3 aromatic rings. The van der Waals surface area contributed by atoms with Gasteiger partial charge in [0, 0.05) is 11.6 Å². The molecular formula is C25H20O7. The van der Waals surface area contributed by atoms with E-state index < -0.39 is 5.97 Å². The number of allylic oxidation sites excluding steroid dienone is 1. The molecule has 0 saturated carbocycles. The molecule has 0 aliphatic carbocycles. The third kappa shape index (κ3) is 4.00. The molecule has 0 unspecified atom stereocenters. The molecule has 0 aromatic heterocycles. The molecule has 0 saturated heterocycles. The molecule has 1 heterocycles. The monoisotopic (exact) mass is 432 g/mol. The van der Waals surface area contributed by atoms with Crippen LogP contribution in [0.1, 0.15) is 26.3 Å². The van der Waals surface area contributed by atoms with Crippen LogP contribution in [0.15, 0.2) is 66.4 Å².